The summed E-state index contributed by atoms with van der Waals surface area (Å²) >= 11 is 0. The predicted octanol–water partition coefficient (Wildman–Crippen LogP) is 3.00. The maximum Gasteiger partial charge on any atom is 0.350 e. The molecule has 1 heterocycles. The fourth-order valence-electron chi connectivity index (χ4n) is 2.92. The van der Waals surface area contributed by atoms with Gasteiger partial charge in [0.25, 0.3) is 5.91 Å². The van der Waals surface area contributed by atoms with E-state index in [2.05, 4.69) is 10.2 Å². The molecular formula is C22H25FN2O5. The first-order chi connectivity index (χ1) is 14.3. The van der Waals surface area contributed by atoms with Crippen molar-refractivity contribution in [1.29, 1.82) is 0 Å². The molecule has 2 aromatic carbocycles. The molecule has 160 valence electrons. The summed E-state index contributed by atoms with van der Waals surface area (Å²) in [5, 5.41) is 2.69. The van der Waals surface area contributed by atoms with Crippen LogP contribution in [0.5, 0.6) is 5.75 Å². The maximum atomic E-state index is 13.0. The summed E-state index contributed by atoms with van der Waals surface area (Å²) in [6.07, 6.45) is 0. The van der Waals surface area contributed by atoms with E-state index >= 15 is 0 Å². The SMILES string of the molecule is CC(C)(Oc1ccc(F)cc1)C(=O)OCC(=O)Nc1ccc(N2CCOCC2)cc1. The number of morpholine rings is 1. The minimum atomic E-state index is -1.34. The van der Waals surface area contributed by atoms with E-state index in [1.54, 1.807) is 12.1 Å². The molecule has 1 amide bonds. The Bertz CT molecular complexity index is 862. The lowest BCUT2D eigenvalue weighted by molar-refractivity contribution is -0.161. The van der Waals surface area contributed by atoms with Gasteiger partial charge in [0.1, 0.15) is 11.6 Å². The van der Waals surface area contributed by atoms with Crippen molar-refractivity contribution in [3.05, 3.63) is 54.3 Å². The van der Waals surface area contributed by atoms with Crippen molar-refractivity contribution in [3.63, 3.8) is 0 Å². The molecule has 0 saturated carbocycles. The third-order valence-corrected chi connectivity index (χ3v) is 4.54. The van der Waals surface area contributed by atoms with Crippen molar-refractivity contribution in [2.75, 3.05) is 43.1 Å². The molecule has 8 heteroatoms. The van der Waals surface area contributed by atoms with E-state index < -0.39 is 29.9 Å². The van der Waals surface area contributed by atoms with Gasteiger partial charge in [-0.15, -0.1) is 0 Å². The number of carbonyl (C=O) groups is 2. The van der Waals surface area contributed by atoms with Crippen LogP contribution in [0.1, 0.15) is 13.8 Å². The number of halogens is 1. The predicted molar refractivity (Wildman–Crippen MR) is 110 cm³/mol. The number of anilines is 2. The fourth-order valence-corrected chi connectivity index (χ4v) is 2.92. The highest BCUT2D eigenvalue weighted by Gasteiger charge is 2.32. The molecule has 1 aliphatic heterocycles. The van der Waals surface area contributed by atoms with Crippen LogP contribution in [0.3, 0.4) is 0 Å². The van der Waals surface area contributed by atoms with Crippen molar-refractivity contribution < 1.29 is 28.2 Å². The van der Waals surface area contributed by atoms with Gasteiger partial charge in [-0.2, -0.15) is 0 Å². The standard InChI is InChI=1S/C22H25FN2O5/c1-22(2,30-19-9-3-16(23)4-10-19)21(27)29-15-20(26)24-17-5-7-18(8-6-17)25-11-13-28-14-12-25/h3-10H,11-15H2,1-2H3,(H,24,26). The Hall–Kier alpha value is -3.13. The molecular weight excluding hydrogens is 391 g/mol. The minimum Gasteiger partial charge on any atom is -0.476 e. The summed E-state index contributed by atoms with van der Waals surface area (Å²) in [6, 6.07) is 12.7. The Labute approximate surface area is 174 Å². The molecule has 0 aromatic heterocycles. The number of carbonyl (C=O) groups excluding carboxylic acids is 2. The largest absolute Gasteiger partial charge is 0.476 e. The van der Waals surface area contributed by atoms with Crippen LogP contribution in [0, 0.1) is 5.82 Å². The number of esters is 1. The summed E-state index contributed by atoms with van der Waals surface area (Å²) in [6.45, 7) is 5.65. The van der Waals surface area contributed by atoms with Gasteiger partial charge >= 0.3 is 5.97 Å². The number of rotatable bonds is 7. The van der Waals surface area contributed by atoms with Gasteiger partial charge in [0, 0.05) is 24.5 Å². The number of ether oxygens (including phenoxy) is 3. The molecule has 1 aliphatic rings. The lowest BCUT2D eigenvalue weighted by Gasteiger charge is -2.28. The number of nitrogens with zero attached hydrogens (tertiary/aromatic N) is 1. The van der Waals surface area contributed by atoms with Gasteiger partial charge < -0.3 is 24.4 Å². The first-order valence-electron chi connectivity index (χ1n) is 9.68. The quantitative estimate of drug-likeness (QED) is 0.700. The number of hydrogen-bond acceptors (Lipinski definition) is 6. The maximum absolute atomic E-state index is 13.0. The Balaban J connectivity index is 1.47. The molecule has 0 radical (unpaired) electrons. The first kappa shape index (κ1) is 21.6. The van der Waals surface area contributed by atoms with E-state index in [1.165, 1.54) is 38.1 Å². The molecule has 2 aromatic rings. The molecule has 0 bridgehead atoms. The second-order valence-corrected chi connectivity index (χ2v) is 7.34. The van der Waals surface area contributed by atoms with Crippen LogP contribution in [-0.2, 0) is 19.1 Å². The molecule has 0 atom stereocenters. The van der Waals surface area contributed by atoms with Crippen molar-refractivity contribution in [2.45, 2.75) is 19.4 Å². The van der Waals surface area contributed by atoms with Crippen LogP contribution in [0.4, 0.5) is 15.8 Å². The average molecular weight is 416 g/mol. The highest BCUT2D eigenvalue weighted by molar-refractivity contribution is 5.93. The monoisotopic (exact) mass is 416 g/mol. The molecule has 1 N–H and O–H groups in total. The van der Waals surface area contributed by atoms with Gasteiger partial charge in [-0.3, -0.25) is 4.79 Å². The summed E-state index contributed by atoms with van der Waals surface area (Å²) in [5.41, 5.74) is 0.329. The zero-order valence-electron chi connectivity index (χ0n) is 17.0. The average Bonchev–Trinajstić information content (AvgIpc) is 2.74. The van der Waals surface area contributed by atoms with Gasteiger partial charge in [0.2, 0.25) is 0 Å². The van der Waals surface area contributed by atoms with Crippen molar-refractivity contribution in [1.82, 2.24) is 0 Å². The Morgan fingerprint density at radius 2 is 1.70 bits per heavy atom. The Morgan fingerprint density at radius 1 is 1.07 bits per heavy atom. The van der Waals surface area contributed by atoms with Gasteiger partial charge in [0.05, 0.1) is 13.2 Å². The van der Waals surface area contributed by atoms with E-state index in [1.807, 2.05) is 12.1 Å². The van der Waals surface area contributed by atoms with E-state index in [9.17, 15) is 14.0 Å². The van der Waals surface area contributed by atoms with Gasteiger partial charge in [-0.25, -0.2) is 9.18 Å². The van der Waals surface area contributed by atoms with Crippen LogP contribution < -0.4 is 15.0 Å². The van der Waals surface area contributed by atoms with Crippen LogP contribution in [0.2, 0.25) is 0 Å². The highest BCUT2D eigenvalue weighted by atomic mass is 19.1. The fraction of sp³-hybridized carbons (Fsp3) is 0.364. The summed E-state index contributed by atoms with van der Waals surface area (Å²) in [5.74, 6) is -1.25. The van der Waals surface area contributed by atoms with Crippen molar-refractivity contribution in [3.8, 4) is 5.75 Å². The topological polar surface area (TPSA) is 77.1 Å². The normalized spacial score (nSPS) is 14.2. The van der Waals surface area contributed by atoms with Crippen LogP contribution in [0.25, 0.3) is 0 Å². The van der Waals surface area contributed by atoms with E-state index in [0.29, 0.717) is 24.7 Å². The lowest BCUT2D eigenvalue weighted by atomic mass is 10.1. The second-order valence-electron chi connectivity index (χ2n) is 7.34. The minimum absolute atomic E-state index is 0.322. The molecule has 0 unspecified atom stereocenters. The van der Waals surface area contributed by atoms with E-state index in [-0.39, 0.29) is 0 Å². The van der Waals surface area contributed by atoms with Crippen molar-refractivity contribution in [2.24, 2.45) is 0 Å². The molecule has 1 fully saturated rings. The van der Waals surface area contributed by atoms with Gasteiger partial charge in [-0.1, -0.05) is 0 Å². The third-order valence-electron chi connectivity index (χ3n) is 4.54. The molecule has 0 aliphatic carbocycles. The van der Waals surface area contributed by atoms with Crippen LogP contribution in [0.15, 0.2) is 48.5 Å². The highest BCUT2D eigenvalue weighted by Crippen LogP contribution is 2.21. The molecule has 3 rings (SSSR count). The van der Waals surface area contributed by atoms with Gasteiger partial charge in [0.15, 0.2) is 12.2 Å². The number of amides is 1. The Morgan fingerprint density at radius 3 is 2.33 bits per heavy atom. The smallest absolute Gasteiger partial charge is 0.350 e. The van der Waals surface area contributed by atoms with E-state index in [4.69, 9.17) is 14.2 Å². The molecule has 1 saturated heterocycles. The number of benzene rings is 2. The van der Waals surface area contributed by atoms with Gasteiger partial charge in [-0.05, 0) is 62.4 Å². The second kappa shape index (κ2) is 9.58. The molecule has 0 spiro atoms. The zero-order chi connectivity index (χ0) is 21.6. The zero-order valence-corrected chi connectivity index (χ0v) is 17.0. The summed E-state index contributed by atoms with van der Waals surface area (Å²) in [7, 11) is 0. The number of nitrogens with one attached hydrogen (secondary N) is 1. The first-order valence-corrected chi connectivity index (χ1v) is 9.68. The summed E-state index contributed by atoms with van der Waals surface area (Å²) < 4.78 is 29.0. The Kier molecular flexibility index (Phi) is 6.89. The van der Waals surface area contributed by atoms with Crippen LogP contribution >= 0.6 is 0 Å². The third kappa shape index (κ3) is 5.93. The molecule has 30 heavy (non-hydrogen) atoms. The summed E-state index contributed by atoms with van der Waals surface area (Å²) in [4.78, 5) is 26.6. The van der Waals surface area contributed by atoms with E-state index in [0.717, 1.165) is 18.8 Å². The van der Waals surface area contributed by atoms with Crippen LogP contribution in [-0.4, -0.2) is 50.4 Å². The molecule has 7 nitrogen and oxygen atoms in total. The van der Waals surface area contributed by atoms with Crippen molar-refractivity contribution >= 4 is 23.3 Å². The lowest BCUT2D eigenvalue weighted by Crippen LogP contribution is -2.41. The number of hydrogen-bond donors (Lipinski definition) is 1.